The molecule has 1 N–H and O–H groups in total. The number of rotatable bonds is 5. The molecule has 2 atom stereocenters. The molecule has 0 saturated carbocycles. The highest BCUT2D eigenvalue weighted by Crippen LogP contribution is 2.34. The molecule has 2 rings (SSSR count). The van der Waals surface area contributed by atoms with Gasteiger partial charge in [0.25, 0.3) is 0 Å². The number of hydrogen-bond donors (Lipinski definition) is 1. The Kier molecular flexibility index (Phi) is 5.52. The number of aliphatic hydroxyl groups is 1. The van der Waals surface area contributed by atoms with Gasteiger partial charge < -0.3 is 14.6 Å². The number of hydrogen-bond acceptors (Lipinski definition) is 4. The van der Waals surface area contributed by atoms with Crippen LogP contribution >= 0.6 is 23.2 Å². The SMILES string of the molecule is COc1c(Cl)cc(Cl)cc1CN1C[C@H](OC)C[C@H]1CO. The van der Waals surface area contributed by atoms with Crippen molar-refractivity contribution in [2.75, 3.05) is 27.4 Å². The van der Waals surface area contributed by atoms with Gasteiger partial charge >= 0.3 is 0 Å². The second kappa shape index (κ2) is 6.96. The molecule has 0 bridgehead atoms. The van der Waals surface area contributed by atoms with Crippen molar-refractivity contribution < 1.29 is 14.6 Å². The number of aliphatic hydroxyl groups excluding tert-OH is 1. The molecule has 1 aromatic carbocycles. The van der Waals surface area contributed by atoms with E-state index in [2.05, 4.69) is 4.90 Å². The lowest BCUT2D eigenvalue weighted by Gasteiger charge is -2.23. The number of nitrogens with zero attached hydrogens (tertiary/aromatic N) is 1. The standard InChI is InChI=1S/C14H19Cl2NO3/c1-19-12-5-11(8-18)17(7-12)6-9-3-10(15)4-13(16)14(9)20-2/h3-4,11-12,18H,5-8H2,1-2H3/t11-,12+/m0/s1. The molecule has 1 saturated heterocycles. The number of benzene rings is 1. The highest BCUT2D eigenvalue weighted by Gasteiger charge is 2.32. The van der Waals surface area contributed by atoms with Crippen LogP contribution in [0.25, 0.3) is 0 Å². The zero-order valence-electron chi connectivity index (χ0n) is 11.6. The minimum Gasteiger partial charge on any atom is -0.495 e. The number of ether oxygens (including phenoxy) is 2. The van der Waals surface area contributed by atoms with Crippen molar-refractivity contribution in [1.29, 1.82) is 0 Å². The van der Waals surface area contributed by atoms with Crippen LogP contribution in [0.1, 0.15) is 12.0 Å². The summed E-state index contributed by atoms with van der Waals surface area (Å²) in [5.74, 6) is 0.633. The van der Waals surface area contributed by atoms with E-state index in [1.54, 1.807) is 20.3 Å². The van der Waals surface area contributed by atoms with Crippen LogP contribution in [0, 0.1) is 0 Å². The molecule has 20 heavy (non-hydrogen) atoms. The first-order chi connectivity index (χ1) is 9.58. The molecule has 0 radical (unpaired) electrons. The second-order valence-electron chi connectivity index (χ2n) is 4.94. The summed E-state index contributed by atoms with van der Waals surface area (Å²) in [6.07, 6.45) is 0.969. The van der Waals surface area contributed by atoms with Crippen molar-refractivity contribution >= 4 is 23.2 Å². The van der Waals surface area contributed by atoms with Crippen LogP contribution in [0.3, 0.4) is 0 Å². The summed E-state index contributed by atoms with van der Waals surface area (Å²) in [4.78, 5) is 2.17. The van der Waals surface area contributed by atoms with E-state index >= 15 is 0 Å². The molecule has 0 aliphatic carbocycles. The lowest BCUT2D eigenvalue weighted by molar-refractivity contribution is 0.107. The third-order valence-corrected chi connectivity index (χ3v) is 4.20. The topological polar surface area (TPSA) is 41.9 Å². The van der Waals surface area contributed by atoms with Gasteiger partial charge in [0, 0.05) is 36.8 Å². The summed E-state index contributed by atoms with van der Waals surface area (Å²) < 4.78 is 10.7. The largest absolute Gasteiger partial charge is 0.495 e. The Balaban J connectivity index is 2.21. The van der Waals surface area contributed by atoms with Crippen LogP contribution in [0.5, 0.6) is 5.75 Å². The molecule has 112 valence electrons. The molecule has 0 unspecified atom stereocenters. The van der Waals surface area contributed by atoms with Crippen molar-refractivity contribution in [3.8, 4) is 5.75 Å². The van der Waals surface area contributed by atoms with Crippen LogP contribution < -0.4 is 4.74 Å². The number of methoxy groups -OCH3 is 2. The Hall–Kier alpha value is -0.520. The van der Waals surface area contributed by atoms with Gasteiger partial charge in [-0.25, -0.2) is 0 Å². The summed E-state index contributed by atoms with van der Waals surface area (Å²) >= 11 is 12.2. The van der Waals surface area contributed by atoms with Crippen molar-refractivity contribution in [1.82, 2.24) is 4.90 Å². The van der Waals surface area contributed by atoms with Gasteiger partial charge in [0.2, 0.25) is 0 Å². The smallest absolute Gasteiger partial charge is 0.142 e. The van der Waals surface area contributed by atoms with Crippen molar-refractivity contribution in [3.63, 3.8) is 0 Å². The van der Waals surface area contributed by atoms with Crippen LogP contribution in [-0.2, 0) is 11.3 Å². The zero-order chi connectivity index (χ0) is 14.7. The lowest BCUT2D eigenvalue weighted by atomic mass is 10.1. The van der Waals surface area contributed by atoms with Crippen molar-refractivity contribution in [3.05, 3.63) is 27.7 Å². The van der Waals surface area contributed by atoms with E-state index in [1.807, 2.05) is 6.07 Å². The van der Waals surface area contributed by atoms with E-state index < -0.39 is 0 Å². The zero-order valence-corrected chi connectivity index (χ0v) is 13.1. The third-order valence-electron chi connectivity index (χ3n) is 3.70. The van der Waals surface area contributed by atoms with Crippen molar-refractivity contribution in [2.24, 2.45) is 0 Å². The molecule has 0 aromatic heterocycles. The first-order valence-electron chi connectivity index (χ1n) is 6.48. The summed E-state index contributed by atoms with van der Waals surface area (Å²) in [5.41, 5.74) is 0.917. The number of halogens is 2. The van der Waals surface area contributed by atoms with E-state index in [4.69, 9.17) is 32.7 Å². The summed E-state index contributed by atoms with van der Waals surface area (Å²) in [5, 5.41) is 10.6. The average Bonchev–Trinajstić information content (AvgIpc) is 2.80. The lowest BCUT2D eigenvalue weighted by Crippen LogP contribution is -2.32. The summed E-state index contributed by atoms with van der Waals surface area (Å²) in [7, 11) is 3.28. The Morgan fingerprint density at radius 1 is 1.35 bits per heavy atom. The van der Waals surface area contributed by atoms with E-state index in [0.29, 0.717) is 22.3 Å². The maximum absolute atomic E-state index is 9.48. The first kappa shape index (κ1) is 15.9. The Labute approximate surface area is 129 Å². The Morgan fingerprint density at radius 2 is 2.10 bits per heavy atom. The molecule has 1 aromatic rings. The van der Waals surface area contributed by atoms with E-state index in [0.717, 1.165) is 18.5 Å². The molecule has 1 aliphatic heterocycles. The molecule has 0 spiro atoms. The quantitative estimate of drug-likeness (QED) is 0.905. The average molecular weight is 320 g/mol. The molecule has 0 amide bonds. The maximum Gasteiger partial charge on any atom is 0.142 e. The monoisotopic (exact) mass is 319 g/mol. The minimum absolute atomic E-state index is 0.0856. The number of likely N-dealkylation sites (tertiary alicyclic amines) is 1. The maximum atomic E-state index is 9.48. The van der Waals surface area contributed by atoms with Gasteiger partial charge in [-0.1, -0.05) is 23.2 Å². The van der Waals surface area contributed by atoms with Gasteiger partial charge in [0.05, 0.1) is 24.8 Å². The molecular formula is C14H19Cl2NO3. The molecule has 1 fully saturated rings. The van der Waals surface area contributed by atoms with Gasteiger partial charge in [0.1, 0.15) is 5.75 Å². The minimum atomic E-state index is 0.0856. The van der Waals surface area contributed by atoms with Crippen LogP contribution in [0.4, 0.5) is 0 Å². The Morgan fingerprint density at radius 3 is 2.70 bits per heavy atom. The van der Waals surface area contributed by atoms with Crippen LogP contribution in [0.15, 0.2) is 12.1 Å². The third kappa shape index (κ3) is 3.38. The highest BCUT2D eigenvalue weighted by molar-refractivity contribution is 6.35. The summed E-state index contributed by atoms with van der Waals surface area (Å²) in [6.45, 7) is 1.50. The predicted molar refractivity (Wildman–Crippen MR) is 79.7 cm³/mol. The predicted octanol–water partition coefficient (Wildman–Crippen LogP) is 2.58. The van der Waals surface area contributed by atoms with Gasteiger partial charge in [0.15, 0.2) is 0 Å². The molecular weight excluding hydrogens is 301 g/mol. The normalized spacial score (nSPS) is 23.2. The fourth-order valence-corrected chi connectivity index (χ4v) is 3.28. The van der Waals surface area contributed by atoms with E-state index in [9.17, 15) is 5.11 Å². The fraction of sp³-hybridized carbons (Fsp3) is 0.571. The van der Waals surface area contributed by atoms with Crippen LogP contribution in [-0.4, -0.2) is 49.5 Å². The summed E-state index contributed by atoms with van der Waals surface area (Å²) in [6, 6.07) is 3.60. The Bertz CT molecular complexity index is 470. The molecule has 6 heteroatoms. The molecule has 4 nitrogen and oxygen atoms in total. The van der Waals surface area contributed by atoms with Gasteiger partial charge in [-0.2, -0.15) is 0 Å². The van der Waals surface area contributed by atoms with Crippen LogP contribution in [0.2, 0.25) is 10.0 Å². The van der Waals surface area contributed by atoms with Gasteiger partial charge in [-0.15, -0.1) is 0 Å². The van der Waals surface area contributed by atoms with Crippen molar-refractivity contribution in [2.45, 2.75) is 25.1 Å². The first-order valence-corrected chi connectivity index (χ1v) is 7.24. The molecule has 1 heterocycles. The molecule has 1 aliphatic rings. The van der Waals surface area contributed by atoms with Gasteiger partial charge in [-0.05, 0) is 18.6 Å². The highest BCUT2D eigenvalue weighted by atomic mass is 35.5. The van der Waals surface area contributed by atoms with E-state index in [1.165, 1.54) is 0 Å². The van der Waals surface area contributed by atoms with Gasteiger partial charge in [-0.3, -0.25) is 4.90 Å². The van der Waals surface area contributed by atoms with E-state index in [-0.39, 0.29) is 18.8 Å². The fourth-order valence-electron chi connectivity index (χ4n) is 2.67. The second-order valence-corrected chi connectivity index (χ2v) is 5.78.